The van der Waals surface area contributed by atoms with Crippen LogP contribution in [0.3, 0.4) is 0 Å². The van der Waals surface area contributed by atoms with Crippen molar-refractivity contribution in [3.63, 3.8) is 0 Å². The van der Waals surface area contributed by atoms with E-state index in [-0.39, 0.29) is 5.56 Å². The molecule has 28 heavy (non-hydrogen) atoms. The molecule has 0 saturated carbocycles. The lowest BCUT2D eigenvalue weighted by molar-refractivity contribution is 0.0697. The third-order valence-corrected chi connectivity index (χ3v) is 4.57. The van der Waals surface area contributed by atoms with Gasteiger partial charge in [-0.25, -0.2) is 14.5 Å². The molecule has 0 bridgehead atoms. The minimum absolute atomic E-state index is 0.266. The molecule has 1 heterocycles. The number of carboxylic acids is 1. The van der Waals surface area contributed by atoms with E-state index in [9.17, 15) is 9.90 Å². The van der Waals surface area contributed by atoms with Crippen molar-refractivity contribution in [2.75, 3.05) is 0 Å². The lowest BCUT2D eigenvalue weighted by atomic mass is 10.0. The standard InChI is InChI=1S/C23H19N3O2/c1-2-26-22(16-8-4-3-5-9-16)24-21(25-26)19-12-6-10-17(14-19)18-11-7-13-20(15-18)23(27)28/h3-15H,2H2,1H3,(H,27,28). The van der Waals surface area contributed by atoms with E-state index in [1.165, 1.54) is 0 Å². The third kappa shape index (κ3) is 3.42. The van der Waals surface area contributed by atoms with Gasteiger partial charge >= 0.3 is 5.97 Å². The van der Waals surface area contributed by atoms with Crippen molar-refractivity contribution in [2.24, 2.45) is 0 Å². The van der Waals surface area contributed by atoms with Gasteiger partial charge in [0.15, 0.2) is 11.6 Å². The number of aromatic carboxylic acids is 1. The molecular weight excluding hydrogens is 350 g/mol. The van der Waals surface area contributed by atoms with E-state index >= 15 is 0 Å². The predicted octanol–water partition coefficient (Wildman–Crippen LogP) is 5.00. The summed E-state index contributed by atoms with van der Waals surface area (Å²) in [5, 5.41) is 13.9. The zero-order valence-electron chi connectivity index (χ0n) is 15.4. The van der Waals surface area contributed by atoms with Gasteiger partial charge in [0.1, 0.15) is 0 Å². The monoisotopic (exact) mass is 369 g/mol. The van der Waals surface area contributed by atoms with Crippen LogP contribution >= 0.6 is 0 Å². The Kier molecular flexibility index (Phi) is 4.72. The van der Waals surface area contributed by atoms with E-state index < -0.39 is 5.97 Å². The Morgan fingerprint density at radius 3 is 2.21 bits per heavy atom. The molecule has 0 aliphatic carbocycles. The van der Waals surface area contributed by atoms with Crippen LogP contribution in [-0.4, -0.2) is 25.8 Å². The van der Waals surface area contributed by atoms with Gasteiger partial charge in [-0.1, -0.05) is 60.7 Å². The van der Waals surface area contributed by atoms with E-state index in [1.807, 2.05) is 72.3 Å². The molecule has 0 atom stereocenters. The molecule has 0 radical (unpaired) electrons. The van der Waals surface area contributed by atoms with Crippen LogP contribution in [0.15, 0.2) is 78.9 Å². The summed E-state index contributed by atoms with van der Waals surface area (Å²) in [5.74, 6) is 0.544. The highest BCUT2D eigenvalue weighted by molar-refractivity contribution is 5.89. The topological polar surface area (TPSA) is 68.0 Å². The van der Waals surface area contributed by atoms with E-state index in [2.05, 4.69) is 5.10 Å². The van der Waals surface area contributed by atoms with Crippen molar-refractivity contribution in [1.29, 1.82) is 0 Å². The number of carboxylic acid groups (broad SMARTS) is 1. The van der Waals surface area contributed by atoms with Gasteiger partial charge in [-0.2, -0.15) is 5.10 Å². The van der Waals surface area contributed by atoms with Crippen molar-refractivity contribution >= 4 is 5.97 Å². The third-order valence-electron chi connectivity index (χ3n) is 4.57. The summed E-state index contributed by atoms with van der Waals surface area (Å²) < 4.78 is 1.89. The Labute approximate surface area is 162 Å². The maximum absolute atomic E-state index is 11.3. The van der Waals surface area contributed by atoms with Gasteiger partial charge in [0, 0.05) is 17.7 Å². The van der Waals surface area contributed by atoms with Crippen LogP contribution in [0, 0.1) is 0 Å². The summed E-state index contributed by atoms with van der Waals surface area (Å²) in [4.78, 5) is 16.0. The number of hydrogen-bond acceptors (Lipinski definition) is 3. The summed E-state index contributed by atoms with van der Waals surface area (Å²) in [6.07, 6.45) is 0. The van der Waals surface area contributed by atoms with Gasteiger partial charge in [-0.15, -0.1) is 0 Å². The van der Waals surface area contributed by atoms with Crippen molar-refractivity contribution in [2.45, 2.75) is 13.5 Å². The lowest BCUT2D eigenvalue weighted by Gasteiger charge is -2.05. The molecule has 5 nitrogen and oxygen atoms in total. The zero-order valence-corrected chi connectivity index (χ0v) is 15.4. The number of nitrogens with zero attached hydrogens (tertiary/aromatic N) is 3. The van der Waals surface area contributed by atoms with Gasteiger partial charge in [0.25, 0.3) is 0 Å². The van der Waals surface area contributed by atoms with Gasteiger partial charge in [0.2, 0.25) is 0 Å². The molecule has 4 aromatic rings. The first-order valence-corrected chi connectivity index (χ1v) is 9.10. The van der Waals surface area contributed by atoms with Crippen molar-refractivity contribution in [1.82, 2.24) is 14.8 Å². The van der Waals surface area contributed by atoms with Crippen molar-refractivity contribution in [3.8, 4) is 33.9 Å². The van der Waals surface area contributed by atoms with Crippen molar-refractivity contribution < 1.29 is 9.90 Å². The number of carbonyl (C=O) groups is 1. The Bertz CT molecular complexity index is 1130. The normalized spacial score (nSPS) is 10.8. The second-order valence-corrected chi connectivity index (χ2v) is 6.41. The molecule has 0 spiro atoms. The second kappa shape index (κ2) is 7.48. The first kappa shape index (κ1) is 17.7. The summed E-state index contributed by atoms with van der Waals surface area (Å²) in [5.41, 5.74) is 3.95. The SMILES string of the molecule is CCn1nc(-c2cccc(-c3cccc(C(=O)O)c3)c2)nc1-c1ccccc1. The fraction of sp³-hybridized carbons (Fsp3) is 0.0870. The van der Waals surface area contributed by atoms with Crippen LogP contribution in [-0.2, 0) is 6.54 Å². The largest absolute Gasteiger partial charge is 0.478 e. The smallest absolute Gasteiger partial charge is 0.335 e. The van der Waals surface area contributed by atoms with Crippen molar-refractivity contribution in [3.05, 3.63) is 84.4 Å². The molecule has 0 saturated heterocycles. The van der Waals surface area contributed by atoms with E-state index in [0.717, 1.165) is 34.6 Å². The Balaban J connectivity index is 1.75. The maximum atomic E-state index is 11.3. The number of aryl methyl sites for hydroxylation is 1. The number of benzene rings is 3. The molecule has 3 aromatic carbocycles. The van der Waals surface area contributed by atoms with Gasteiger partial charge in [0.05, 0.1) is 5.56 Å². The van der Waals surface area contributed by atoms with Crippen LogP contribution in [0.5, 0.6) is 0 Å². The number of aromatic nitrogens is 3. The minimum atomic E-state index is -0.936. The Hall–Kier alpha value is -3.73. The quantitative estimate of drug-likeness (QED) is 0.538. The van der Waals surface area contributed by atoms with Crippen LogP contribution < -0.4 is 0 Å². The molecule has 0 fully saturated rings. The fourth-order valence-corrected chi connectivity index (χ4v) is 3.16. The molecule has 0 amide bonds. The van der Waals surface area contributed by atoms with Crippen LogP contribution in [0.2, 0.25) is 0 Å². The Morgan fingerprint density at radius 1 is 0.857 bits per heavy atom. The number of hydrogen-bond donors (Lipinski definition) is 1. The highest BCUT2D eigenvalue weighted by Gasteiger charge is 2.13. The van der Waals surface area contributed by atoms with Gasteiger partial charge in [-0.05, 0) is 36.2 Å². The highest BCUT2D eigenvalue weighted by Crippen LogP contribution is 2.27. The highest BCUT2D eigenvalue weighted by atomic mass is 16.4. The summed E-state index contributed by atoms with van der Waals surface area (Å²) in [6.45, 7) is 2.76. The summed E-state index contributed by atoms with van der Waals surface area (Å²) in [6, 6.07) is 24.8. The number of rotatable bonds is 5. The molecule has 1 N–H and O–H groups in total. The first-order valence-electron chi connectivity index (χ1n) is 9.10. The van der Waals surface area contributed by atoms with Gasteiger partial charge in [-0.3, -0.25) is 0 Å². The molecule has 0 aliphatic heterocycles. The average molecular weight is 369 g/mol. The molecule has 0 aliphatic rings. The zero-order chi connectivity index (χ0) is 19.5. The van der Waals surface area contributed by atoms with Crippen LogP contribution in [0.4, 0.5) is 0 Å². The molecule has 138 valence electrons. The molecule has 4 rings (SSSR count). The van der Waals surface area contributed by atoms with Crippen LogP contribution in [0.25, 0.3) is 33.9 Å². The maximum Gasteiger partial charge on any atom is 0.335 e. The fourth-order valence-electron chi connectivity index (χ4n) is 3.16. The minimum Gasteiger partial charge on any atom is -0.478 e. The summed E-state index contributed by atoms with van der Waals surface area (Å²) >= 11 is 0. The van der Waals surface area contributed by atoms with E-state index in [4.69, 9.17) is 4.98 Å². The van der Waals surface area contributed by atoms with E-state index in [1.54, 1.807) is 18.2 Å². The Morgan fingerprint density at radius 2 is 1.50 bits per heavy atom. The lowest BCUT2D eigenvalue weighted by Crippen LogP contribution is -1.99. The predicted molar refractivity (Wildman–Crippen MR) is 109 cm³/mol. The van der Waals surface area contributed by atoms with Gasteiger partial charge < -0.3 is 5.11 Å². The molecular formula is C23H19N3O2. The molecule has 0 unspecified atom stereocenters. The molecule has 1 aromatic heterocycles. The molecule has 5 heteroatoms. The van der Waals surface area contributed by atoms with Crippen LogP contribution in [0.1, 0.15) is 17.3 Å². The first-order chi connectivity index (χ1) is 13.7. The second-order valence-electron chi connectivity index (χ2n) is 6.41. The van der Waals surface area contributed by atoms with E-state index in [0.29, 0.717) is 5.82 Å². The summed E-state index contributed by atoms with van der Waals surface area (Å²) in [7, 11) is 0. The average Bonchev–Trinajstić information content (AvgIpc) is 3.19.